The lowest BCUT2D eigenvalue weighted by Crippen LogP contribution is -2.25. The van der Waals surface area contributed by atoms with Crippen LogP contribution in [-0.2, 0) is 9.59 Å². The molecule has 0 heterocycles. The Bertz CT molecular complexity index is 202. The van der Waals surface area contributed by atoms with Crippen molar-refractivity contribution < 1.29 is 9.59 Å². The summed E-state index contributed by atoms with van der Waals surface area (Å²) in [6, 6.07) is 0. The van der Waals surface area contributed by atoms with E-state index in [0.29, 0.717) is 6.54 Å². The SMILES string of the molecule is CCCCCCCCCNC(=O)CC(C)=O. The Kier molecular flexibility index (Phi) is 10.1. The fourth-order valence-corrected chi connectivity index (χ4v) is 1.60. The first-order chi connectivity index (χ1) is 7.66. The molecule has 1 amide bonds. The molecule has 0 bridgehead atoms. The van der Waals surface area contributed by atoms with Crippen molar-refractivity contribution in [3.63, 3.8) is 0 Å². The van der Waals surface area contributed by atoms with E-state index in [1.165, 1.54) is 45.4 Å². The second-order valence-electron chi connectivity index (χ2n) is 4.35. The van der Waals surface area contributed by atoms with Gasteiger partial charge in [0.05, 0.1) is 6.42 Å². The highest BCUT2D eigenvalue weighted by Crippen LogP contribution is 2.06. The normalized spacial score (nSPS) is 10.1. The van der Waals surface area contributed by atoms with E-state index in [4.69, 9.17) is 0 Å². The summed E-state index contributed by atoms with van der Waals surface area (Å²) in [5.41, 5.74) is 0. The Labute approximate surface area is 99.0 Å². The van der Waals surface area contributed by atoms with Gasteiger partial charge in [0, 0.05) is 6.54 Å². The second-order valence-corrected chi connectivity index (χ2v) is 4.35. The smallest absolute Gasteiger partial charge is 0.227 e. The van der Waals surface area contributed by atoms with Crippen LogP contribution in [0.2, 0.25) is 0 Å². The van der Waals surface area contributed by atoms with Crippen LogP contribution in [0.4, 0.5) is 0 Å². The molecule has 0 atom stereocenters. The first-order valence-corrected chi connectivity index (χ1v) is 6.43. The molecule has 3 heteroatoms. The summed E-state index contributed by atoms with van der Waals surface area (Å²) < 4.78 is 0. The van der Waals surface area contributed by atoms with Crippen LogP contribution < -0.4 is 5.32 Å². The highest BCUT2D eigenvalue weighted by atomic mass is 16.2. The van der Waals surface area contributed by atoms with Crippen LogP contribution >= 0.6 is 0 Å². The lowest BCUT2D eigenvalue weighted by molar-refractivity contribution is -0.127. The fraction of sp³-hybridized carbons (Fsp3) is 0.846. The molecule has 3 nitrogen and oxygen atoms in total. The molecule has 1 N–H and O–H groups in total. The fourth-order valence-electron chi connectivity index (χ4n) is 1.60. The zero-order chi connectivity index (χ0) is 12.2. The van der Waals surface area contributed by atoms with E-state index >= 15 is 0 Å². The molecule has 0 radical (unpaired) electrons. The Morgan fingerprint density at radius 1 is 0.938 bits per heavy atom. The molecule has 0 spiro atoms. The molecule has 16 heavy (non-hydrogen) atoms. The van der Waals surface area contributed by atoms with Gasteiger partial charge in [0.15, 0.2) is 0 Å². The van der Waals surface area contributed by atoms with Gasteiger partial charge in [-0.2, -0.15) is 0 Å². The first kappa shape index (κ1) is 15.1. The van der Waals surface area contributed by atoms with Gasteiger partial charge in [0.25, 0.3) is 0 Å². The zero-order valence-corrected chi connectivity index (χ0v) is 10.7. The number of ketones is 1. The lowest BCUT2D eigenvalue weighted by atomic mass is 10.1. The molecular formula is C13H25NO2. The standard InChI is InChI=1S/C13H25NO2/c1-3-4-5-6-7-8-9-10-14-13(16)11-12(2)15/h3-11H2,1-2H3,(H,14,16). The van der Waals surface area contributed by atoms with Gasteiger partial charge >= 0.3 is 0 Å². The number of amides is 1. The third-order valence-electron chi connectivity index (χ3n) is 2.51. The van der Waals surface area contributed by atoms with Crippen molar-refractivity contribution in [1.29, 1.82) is 0 Å². The molecule has 0 aliphatic carbocycles. The minimum Gasteiger partial charge on any atom is -0.356 e. The molecule has 0 unspecified atom stereocenters. The van der Waals surface area contributed by atoms with Crippen molar-refractivity contribution in [1.82, 2.24) is 5.32 Å². The Morgan fingerprint density at radius 2 is 1.50 bits per heavy atom. The summed E-state index contributed by atoms with van der Waals surface area (Å²) >= 11 is 0. The summed E-state index contributed by atoms with van der Waals surface area (Å²) in [5.74, 6) is -0.212. The minimum absolute atomic E-state index is 0.0243. The minimum atomic E-state index is -0.140. The molecule has 0 aromatic carbocycles. The quantitative estimate of drug-likeness (QED) is 0.461. The number of carbonyl (C=O) groups excluding carboxylic acids is 2. The molecule has 0 rings (SSSR count). The maximum absolute atomic E-state index is 11.1. The number of hydrogen-bond acceptors (Lipinski definition) is 2. The average molecular weight is 227 g/mol. The first-order valence-electron chi connectivity index (χ1n) is 6.43. The summed E-state index contributed by atoms with van der Waals surface area (Å²) in [6.45, 7) is 4.36. The van der Waals surface area contributed by atoms with E-state index in [2.05, 4.69) is 12.2 Å². The van der Waals surface area contributed by atoms with Crippen LogP contribution in [0.3, 0.4) is 0 Å². The van der Waals surface area contributed by atoms with Gasteiger partial charge in [-0.05, 0) is 13.3 Å². The van der Waals surface area contributed by atoms with Crippen molar-refractivity contribution >= 4 is 11.7 Å². The van der Waals surface area contributed by atoms with Gasteiger partial charge in [-0.3, -0.25) is 9.59 Å². The van der Waals surface area contributed by atoms with E-state index in [9.17, 15) is 9.59 Å². The number of rotatable bonds is 10. The number of Topliss-reactive ketones (excluding diaryl/α,β-unsaturated/α-hetero) is 1. The summed E-state index contributed by atoms with van der Waals surface area (Å²) in [7, 11) is 0. The van der Waals surface area contributed by atoms with Crippen LogP contribution in [0.15, 0.2) is 0 Å². The monoisotopic (exact) mass is 227 g/mol. The van der Waals surface area contributed by atoms with Gasteiger partial charge in [-0.1, -0.05) is 45.4 Å². The Hall–Kier alpha value is -0.860. The van der Waals surface area contributed by atoms with Crippen LogP contribution in [0.1, 0.15) is 65.2 Å². The molecule has 94 valence electrons. The van der Waals surface area contributed by atoms with Gasteiger partial charge in [-0.25, -0.2) is 0 Å². The highest BCUT2D eigenvalue weighted by Gasteiger charge is 2.02. The molecule has 0 aromatic heterocycles. The van der Waals surface area contributed by atoms with Crippen LogP contribution in [0, 0.1) is 0 Å². The highest BCUT2D eigenvalue weighted by molar-refractivity contribution is 5.96. The van der Waals surface area contributed by atoms with E-state index in [-0.39, 0.29) is 18.1 Å². The Morgan fingerprint density at radius 3 is 2.06 bits per heavy atom. The van der Waals surface area contributed by atoms with Gasteiger partial charge in [0.2, 0.25) is 5.91 Å². The third kappa shape index (κ3) is 11.2. The van der Waals surface area contributed by atoms with Gasteiger partial charge in [-0.15, -0.1) is 0 Å². The van der Waals surface area contributed by atoms with E-state index in [0.717, 1.165) is 6.42 Å². The van der Waals surface area contributed by atoms with E-state index in [1.807, 2.05) is 0 Å². The van der Waals surface area contributed by atoms with Crippen LogP contribution in [-0.4, -0.2) is 18.2 Å². The zero-order valence-electron chi connectivity index (χ0n) is 10.7. The summed E-state index contributed by atoms with van der Waals surface area (Å²) in [5, 5.41) is 2.76. The maximum Gasteiger partial charge on any atom is 0.227 e. The predicted octanol–water partition coefficient (Wildman–Crippen LogP) is 2.83. The molecule has 0 saturated carbocycles. The van der Waals surface area contributed by atoms with Gasteiger partial charge in [0.1, 0.15) is 5.78 Å². The van der Waals surface area contributed by atoms with Crippen molar-refractivity contribution in [2.45, 2.75) is 65.2 Å². The predicted molar refractivity (Wildman–Crippen MR) is 66.3 cm³/mol. The van der Waals surface area contributed by atoms with Crippen molar-refractivity contribution in [2.24, 2.45) is 0 Å². The lowest BCUT2D eigenvalue weighted by Gasteiger charge is -2.03. The van der Waals surface area contributed by atoms with Crippen molar-refractivity contribution in [3.8, 4) is 0 Å². The largest absolute Gasteiger partial charge is 0.356 e. The summed E-state index contributed by atoms with van der Waals surface area (Å²) in [6.07, 6.45) is 8.71. The molecule has 0 aromatic rings. The summed E-state index contributed by atoms with van der Waals surface area (Å²) in [4.78, 5) is 21.7. The number of unbranched alkanes of at least 4 members (excludes halogenated alkanes) is 6. The maximum atomic E-state index is 11.1. The average Bonchev–Trinajstić information content (AvgIpc) is 2.21. The van der Waals surface area contributed by atoms with Crippen molar-refractivity contribution in [2.75, 3.05) is 6.54 Å². The topological polar surface area (TPSA) is 46.2 Å². The molecule has 0 aliphatic rings. The third-order valence-corrected chi connectivity index (χ3v) is 2.51. The number of nitrogens with one attached hydrogen (secondary N) is 1. The molecular weight excluding hydrogens is 202 g/mol. The molecule has 0 aliphatic heterocycles. The van der Waals surface area contributed by atoms with Crippen LogP contribution in [0.5, 0.6) is 0 Å². The molecule has 0 fully saturated rings. The second kappa shape index (κ2) is 10.7. The Balaban J connectivity index is 3.14. The van der Waals surface area contributed by atoms with Gasteiger partial charge < -0.3 is 5.32 Å². The van der Waals surface area contributed by atoms with E-state index in [1.54, 1.807) is 0 Å². The number of hydrogen-bond donors (Lipinski definition) is 1. The van der Waals surface area contributed by atoms with E-state index < -0.39 is 0 Å². The number of carbonyl (C=O) groups is 2. The van der Waals surface area contributed by atoms with Crippen LogP contribution in [0.25, 0.3) is 0 Å². The molecule has 0 saturated heterocycles. The van der Waals surface area contributed by atoms with Crippen molar-refractivity contribution in [3.05, 3.63) is 0 Å².